The molecule has 11 heavy (non-hydrogen) atoms. The van der Waals surface area contributed by atoms with Crippen molar-refractivity contribution in [1.82, 2.24) is 4.90 Å². The summed E-state index contributed by atoms with van der Waals surface area (Å²) in [6.45, 7) is 3.93. The summed E-state index contributed by atoms with van der Waals surface area (Å²) in [4.78, 5) is 6.01. The van der Waals surface area contributed by atoms with Crippen LogP contribution in [0.4, 0.5) is 0 Å². The fourth-order valence-electron chi connectivity index (χ4n) is 1.21. The zero-order chi connectivity index (χ0) is 8.10. The average molecular weight is 156 g/mol. The molecule has 1 unspecified atom stereocenters. The fraction of sp³-hybridized carbons (Fsp3) is 0.875. The van der Waals surface area contributed by atoms with E-state index < -0.39 is 0 Å². The van der Waals surface area contributed by atoms with Gasteiger partial charge in [-0.05, 0) is 12.8 Å². The number of aliphatic hydroxyl groups is 1. The second kappa shape index (κ2) is 4.34. The summed E-state index contributed by atoms with van der Waals surface area (Å²) in [6.07, 6.45) is 4.38. The van der Waals surface area contributed by atoms with E-state index in [0.717, 1.165) is 32.4 Å². The van der Waals surface area contributed by atoms with Crippen molar-refractivity contribution in [3.8, 4) is 0 Å². The second-order valence-corrected chi connectivity index (χ2v) is 2.88. The molecule has 0 amide bonds. The van der Waals surface area contributed by atoms with Crippen LogP contribution >= 0.6 is 0 Å². The topological polar surface area (TPSA) is 35.8 Å². The predicted molar refractivity (Wildman–Crippen MR) is 45.6 cm³/mol. The van der Waals surface area contributed by atoms with Gasteiger partial charge in [0, 0.05) is 13.1 Å². The van der Waals surface area contributed by atoms with Crippen LogP contribution in [0.3, 0.4) is 0 Å². The highest BCUT2D eigenvalue weighted by Gasteiger charge is 2.12. The molecule has 64 valence electrons. The summed E-state index contributed by atoms with van der Waals surface area (Å²) >= 11 is 0. The fourth-order valence-corrected chi connectivity index (χ4v) is 1.21. The van der Waals surface area contributed by atoms with Crippen molar-refractivity contribution in [2.24, 2.45) is 4.99 Å². The molecule has 0 bridgehead atoms. The Bertz CT molecular complexity index is 136. The number of nitrogens with zero attached hydrogens (tertiary/aromatic N) is 2. The zero-order valence-electron chi connectivity index (χ0n) is 7.03. The smallest absolute Gasteiger partial charge is 0.127 e. The van der Waals surface area contributed by atoms with E-state index in [2.05, 4.69) is 11.9 Å². The maximum absolute atomic E-state index is 9.51. The van der Waals surface area contributed by atoms with Gasteiger partial charge in [0.25, 0.3) is 0 Å². The van der Waals surface area contributed by atoms with E-state index in [1.54, 1.807) is 6.34 Å². The van der Waals surface area contributed by atoms with Crippen LogP contribution in [-0.2, 0) is 0 Å². The van der Waals surface area contributed by atoms with Crippen LogP contribution in [0.2, 0.25) is 0 Å². The lowest BCUT2D eigenvalue weighted by atomic mass is 10.2. The molecule has 0 aromatic rings. The molecule has 0 fully saturated rings. The summed E-state index contributed by atoms with van der Waals surface area (Å²) < 4.78 is 0. The third kappa shape index (κ3) is 2.50. The van der Waals surface area contributed by atoms with Crippen molar-refractivity contribution in [3.63, 3.8) is 0 Å². The van der Waals surface area contributed by atoms with Gasteiger partial charge < -0.3 is 10.0 Å². The van der Waals surface area contributed by atoms with Crippen LogP contribution in [0.25, 0.3) is 0 Å². The molecule has 1 heterocycles. The SMILES string of the molecule is CCCC(O)N1C=NCCC1. The number of hydrogen-bond acceptors (Lipinski definition) is 3. The largest absolute Gasteiger partial charge is 0.374 e. The van der Waals surface area contributed by atoms with Crippen molar-refractivity contribution in [2.75, 3.05) is 13.1 Å². The van der Waals surface area contributed by atoms with Gasteiger partial charge in [0.05, 0.1) is 6.34 Å². The lowest BCUT2D eigenvalue weighted by molar-refractivity contribution is 0.0459. The average Bonchev–Trinajstić information content (AvgIpc) is 2.07. The second-order valence-electron chi connectivity index (χ2n) is 2.88. The van der Waals surface area contributed by atoms with Gasteiger partial charge in [0.1, 0.15) is 6.23 Å². The molecule has 1 aliphatic heterocycles. The Morgan fingerprint density at radius 3 is 3.09 bits per heavy atom. The molecule has 3 nitrogen and oxygen atoms in total. The van der Waals surface area contributed by atoms with Gasteiger partial charge in [-0.1, -0.05) is 13.3 Å². The molecule has 1 N–H and O–H groups in total. The van der Waals surface area contributed by atoms with Crippen molar-refractivity contribution < 1.29 is 5.11 Å². The Labute approximate surface area is 67.7 Å². The summed E-state index contributed by atoms with van der Waals surface area (Å²) in [5, 5.41) is 9.51. The lowest BCUT2D eigenvalue weighted by Gasteiger charge is -2.27. The molecular formula is C8H16N2O. The van der Waals surface area contributed by atoms with Crippen LogP contribution in [0.15, 0.2) is 4.99 Å². The van der Waals surface area contributed by atoms with Crippen molar-refractivity contribution >= 4 is 6.34 Å². The maximum Gasteiger partial charge on any atom is 0.127 e. The maximum atomic E-state index is 9.51. The molecular weight excluding hydrogens is 140 g/mol. The molecule has 1 atom stereocenters. The molecule has 0 aromatic carbocycles. The molecule has 0 radical (unpaired) electrons. The molecule has 3 heteroatoms. The van der Waals surface area contributed by atoms with E-state index in [4.69, 9.17) is 0 Å². The lowest BCUT2D eigenvalue weighted by Crippen LogP contribution is -2.37. The molecule has 0 aromatic heterocycles. The minimum atomic E-state index is -0.316. The number of aliphatic hydroxyl groups excluding tert-OH is 1. The Kier molecular flexibility index (Phi) is 3.36. The van der Waals surface area contributed by atoms with Gasteiger partial charge in [-0.25, -0.2) is 0 Å². The minimum Gasteiger partial charge on any atom is -0.374 e. The summed E-state index contributed by atoms with van der Waals surface area (Å²) in [5.41, 5.74) is 0. The van der Waals surface area contributed by atoms with Crippen LogP contribution in [-0.4, -0.2) is 35.7 Å². The third-order valence-corrected chi connectivity index (χ3v) is 1.86. The number of aliphatic imine (C=N–C) groups is 1. The van der Waals surface area contributed by atoms with E-state index in [1.165, 1.54) is 0 Å². The number of rotatable bonds is 3. The zero-order valence-corrected chi connectivity index (χ0v) is 7.03. The van der Waals surface area contributed by atoms with Gasteiger partial charge in [0.15, 0.2) is 0 Å². The van der Waals surface area contributed by atoms with Crippen LogP contribution in [0.1, 0.15) is 26.2 Å². The van der Waals surface area contributed by atoms with E-state index in [0.29, 0.717) is 0 Å². The van der Waals surface area contributed by atoms with Crippen molar-refractivity contribution in [1.29, 1.82) is 0 Å². The molecule has 0 saturated heterocycles. The summed E-state index contributed by atoms with van der Waals surface area (Å²) in [6, 6.07) is 0. The first-order chi connectivity index (χ1) is 5.34. The summed E-state index contributed by atoms with van der Waals surface area (Å²) in [7, 11) is 0. The first-order valence-electron chi connectivity index (χ1n) is 4.28. The van der Waals surface area contributed by atoms with Crippen molar-refractivity contribution in [2.45, 2.75) is 32.4 Å². The van der Waals surface area contributed by atoms with Gasteiger partial charge in [-0.15, -0.1) is 0 Å². The Morgan fingerprint density at radius 2 is 2.55 bits per heavy atom. The number of hydrogen-bond donors (Lipinski definition) is 1. The van der Waals surface area contributed by atoms with Gasteiger partial charge in [-0.2, -0.15) is 0 Å². The van der Waals surface area contributed by atoms with Crippen molar-refractivity contribution in [3.05, 3.63) is 0 Å². The van der Waals surface area contributed by atoms with E-state index >= 15 is 0 Å². The Balaban J connectivity index is 2.32. The first-order valence-corrected chi connectivity index (χ1v) is 4.28. The highest BCUT2D eigenvalue weighted by atomic mass is 16.3. The molecule has 1 rings (SSSR count). The predicted octanol–water partition coefficient (Wildman–Crippen LogP) is 0.839. The Hall–Kier alpha value is -0.570. The Morgan fingerprint density at radius 1 is 1.73 bits per heavy atom. The standard InChI is InChI=1S/C8H16N2O/c1-2-4-8(11)10-6-3-5-9-7-10/h7-8,11H,2-6H2,1H3. The quantitative estimate of drug-likeness (QED) is 0.657. The monoisotopic (exact) mass is 156 g/mol. The van der Waals surface area contributed by atoms with Crippen LogP contribution < -0.4 is 0 Å². The van der Waals surface area contributed by atoms with Gasteiger partial charge in [-0.3, -0.25) is 4.99 Å². The normalized spacial score (nSPS) is 20.4. The van der Waals surface area contributed by atoms with Crippen LogP contribution in [0, 0.1) is 0 Å². The van der Waals surface area contributed by atoms with Crippen LogP contribution in [0.5, 0.6) is 0 Å². The van der Waals surface area contributed by atoms with E-state index in [9.17, 15) is 5.11 Å². The first kappa shape index (κ1) is 8.53. The van der Waals surface area contributed by atoms with E-state index in [1.807, 2.05) is 4.90 Å². The molecule has 0 saturated carbocycles. The molecule has 1 aliphatic rings. The third-order valence-electron chi connectivity index (χ3n) is 1.86. The highest BCUT2D eigenvalue weighted by Crippen LogP contribution is 2.05. The molecule has 0 aliphatic carbocycles. The van der Waals surface area contributed by atoms with E-state index in [-0.39, 0.29) is 6.23 Å². The minimum absolute atomic E-state index is 0.316. The summed E-state index contributed by atoms with van der Waals surface area (Å²) in [5.74, 6) is 0. The molecule has 0 spiro atoms. The van der Waals surface area contributed by atoms with Gasteiger partial charge in [0.2, 0.25) is 0 Å². The van der Waals surface area contributed by atoms with Gasteiger partial charge >= 0.3 is 0 Å². The highest BCUT2D eigenvalue weighted by molar-refractivity contribution is 5.55.